The van der Waals surface area contributed by atoms with Crippen LogP contribution in [0.3, 0.4) is 0 Å². The van der Waals surface area contributed by atoms with Gasteiger partial charge in [0.2, 0.25) is 0 Å². The molecular weight excluding hydrogens is 986 g/mol. The molecule has 3 aromatic heterocycles. The summed E-state index contributed by atoms with van der Waals surface area (Å²) < 4.78 is 44.6. The number of fused-ring (bicyclic) bond motifs is 1. The monoisotopic (exact) mass is 1050 g/mol. The molecule has 20 heteroatoms. The molecular formula is C52H62N7O9PSSi2. The molecule has 2 fully saturated rings. The zero-order valence-electron chi connectivity index (χ0n) is 41.5. The van der Waals surface area contributed by atoms with Crippen molar-refractivity contribution in [3.05, 3.63) is 167 Å². The molecule has 0 amide bonds. The van der Waals surface area contributed by atoms with Crippen molar-refractivity contribution in [1.82, 2.24) is 29.1 Å². The summed E-state index contributed by atoms with van der Waals surface area (Å²) in [6.07, 6.45) is 0.186. The Kier molecular flexibility index (Phi) is 14.7. The quantitative estimate of drug-likeness (QED) is 0.0754. The van der Waals surface area contributed by atoms with E-state index in [1.165, 1.54) is 17.1 Å². The number of imidazole rings is 1. The number of aromatic amines is 1. The molecule has 4 aromatic carbocycles. The second-order valence-corrected chi connectivity index (χ2v) is 31.8. The number of hydrogen-bond acceptors (Lipinski definition) is 13. The highest BCUT2D eigenvalue weighted by atomic mass is 32.5. The summed E-state index contributed by atoms with van der Waals surface area (Å²) in [5, 5.41) is 3.50. The Morgan fingerprint density at radius 2 is 1.21 bits per heavy atom. The number of benzene rings is 4. The van der Waals surface area contributed by atoms with Crippen LogP contribution in [0.1, 0.15) is 72.4 Å². The minimum absolute atomic E-state index is 0.0721. The van der Waals surface area contributed by atoms with E-state index in [1.54, 1.807) is 17.8 Å². The zero-order valence-corrected chi connectivity index (χ0v) is 45.2. The molecule has 2 saturated heterocycles. The standard InChI is InChI=1S/C52H62N7O9PSSi2/c1-35-30-58(50(61)57-49(35)60)44-29-41(68-72(52(5,6)7,38-24-16-10-17-25-38)39-26-18-11-19-27-39)42(65-44)31-63-69(62,70)67-40-28-45(59-34-56-46-47(53)54-33-55-48(46)59)66-43(40)32-64-71(51(2,3)4,36-20-12-8-13-21-36)37-22-14-9-15-23-37/h8-27,30,33-34,40-45H,28-29,31-32H2,1-7H3,(H,62,70)(H2,53,54,55)(H,57,60,61)/t40-,41-,42+,43+,44+,45+,69?/m0/s1. The SMILES string of the molecule is Cc1cn([C@H]2C[C@H](O[Si](c3ccccc3)(c3ccccc3)C(C)(C)C)[C@@H](COP(O)(=S)O[C@H]3C[C@H](n4cnc5c(N)ncnc54)O[C@@H]3CO[Si](c3ccccc3)(c3ccccc3)C(C)(C)C)O2)c(=O)[nH]c1=O. The van der Waals surface area contributed by atoms with Gasteiger partial charge in [0.25, 0.3) is 22.2 Å². The summed E-state index contributed by atoms with van der Waals surface area (Å²) in [4.78, 5) is 53.7. The Morgan fingerprint density at radius 1 is 0.722 bits per heavy atom. The predicted octanol–water partition coefficient (Wildman–Crippen LogP) is 5.98. The number of nitrogen functional groups attached to an aromatic ring is 1. The minimum Gasteiger partial charge on any atom is -0.405 e. The van der Waals surface area contributed by atoms with Crippen LogP contribution in [0.5, 0.6) is 0 Å². The van der Waals surface area contributed by atoms with Crippen molar-refractivity contribution in [2.24, 2.45) is 0 Å². The third-order valence-corrected chi connectivity index (χ3v) is 25.5. The van der Waals surface area contributed by atoms with Gasteiger partial charge in [-0.1, -0.05) is 163 Å². The maximum Gasteiger partial charge on any atom is 0.330 e. The third-order valence-electron chi connectivity index (χ3n) is 13.8. The normalized spacial score (nSPS) is 21.8. The van der Waals surface area contributed by atoms with E-state index in [-0.39, 0.29) is 36.9 Å². The Morgan fingerprint density at radius 3 is 1.74 bits per heavy atom. The summed E-state index contributed by atoms with van der Waals surface area (Å²) in [6, 6.07) is 41.0. The van der Waals surface area contributed by atoms with Gasteiger partial charge in [0.15, 0.2) is 11.5 Å². The fraction of sp³-hybridized carbons (Fsp3) is 0.365. The van der Waals surface area contributed by atoms with E-state index in [2.05, 4.69) is 110 Å². The van der Waals surface area contributed by atoms with Crippen molar-refractivity contribution >= 4 is 72.9 Å². The Balaban J connectivity index is 1.04. The van der Waals surface area contributed by atoms with E-state index in [0.717, 1.165) is 20.7 Å². The number of H-pyrrole nitrogens is 1. The molecule has 2 aliphatic rings. The molecule has 0 spiro atoms. The van der Waals surface area contributed by atoms with Gasteiger partial charge in [0.1, 0.15) is 36.5 Å². The van der Waals surface area contributed by atoms with Gasteiger partial charge in [-0.05, 0) is 49.6 Å². The molecule has 4 N–H and O–H groups in total. The van der Waals surface area contributed by atoms with E-state index < -0.39 is 76.5 Å². The van der Waals surface area contributed by atoms with Gasteiger partial charge in [-0.2, -0.15) is 0 Å². The Hall–Kier alpha value is -5.29. The third kappa shape index (κ3) is 10.0. The number of rotatable bonds is 16. The maximum absolute atomic E-state index is 13.4. The minimum atomic E-state index is -4.15. The molecule has 9 rings (SSSR count). The molecule has 0 aliphatic carbocycles. The second kappa shape index (κ2) is 20.6. The van der Waals surface area contributed by atoms with Gasteiger partial charge in [-0.15, -0.1) is 0 Å². The van der Waals surface area contributed by atoms with E-state index in [0.29, 0.717) is 16.7 Å². The molecule has 7 atom stereocenters. The van der Waals surface area contributed by atoms with Gasteiger partial charge < -0.3 is 38.0 Å². The fourth-order valence-electron chi connectivity index (χ4n) is 10.4. The van der Waals surface area contributed by atoms with Gasteiger partial charge >= 0.3 is 12.4 Å². The van der Waals surface area contributed by atoms with Gasteiger partial charge in [-0.25, -0.2) is 19.7 Å². The Bertz CT molecular complexity index is 3080. The largest absolute Gasteiger partial charge is 0.405 e. The van der Waals surface area contributed by atoms with Crippen molar-refractivity contribution in [3.63, 3.8) is 0 Å². The topological polar surface area (TPSA) is 200 Å². The van der Waals surface area contributed by atoms with Crippen LogP contribution in [0.25, 0.3) is 11.2 Å². The molecule has 1 unspecified atom stereocenters. The average molecular weight is 1050 g/mol. The van der Waals surface area contributed by atoms with Crippen molar-refractivity contribution in [2.45, 2.75) is 108 Å². The molecule has 7 aromatic rings. The van der Waals surface area contributed by atoms with Crippen LogP contribution >= 0.6 is 6.72 Å². The van der Waals surface area contributed by atoms with Crippen LogP contribution in [0.15, 0.2) is 150 Å². The first-order valence-corrected chi connectivity index (χ1v) is 30.5. The first-order valence-electron chi connectivity index (χ1n) is 24.1. The number of nitrogens with one attached hydrogen (secondary N) is 1. The number of anilines is 1. The molecule has 0 bridgehead atoms. The van der Waals surface area contributed by atoms with Gasteiger partial charge in [0.05, 0.1) is 31.7 Å². The van der Waals surface area contributed by atoms with E-state index >= 15 is 0 Å². The van der Waals surface area contributed by atoms with Crippen LogP contribution in [-0.4, -0.2) is 88.2 Å². The molecule has 0 saturated carbocycles. The molecule has 16 nitrogen and oxygen atoms in total. The number of nitrogens with zero attached hydrogens (tertiary/aromatic N) is 5. The lowest BCUT2D eigenvalue weighted by molar-refractivity contribution is -0.0493. The summed E-state index contributed by atoms with van der Waals surface area (Å²) >= 11 is 5.90. The lowest BCUT2D eigenvalue weighted by Gasteiger charge is -2.45. The fourth-order valence-corrected chi connectivity index (χ4v) is 21.2. The van der Waals surface area contributed by atoms with Crippen LogP contribution in [0.2, 0.25) is 10.1 Å². The summed E-state index contributed by atoms with van der Waals surface area (Å²) in [7, 11) is -6.31. The summed E-state index contributed by atoms with van der Waals surface area (Å²) in [5.74, 6) is 0.226. The maximum atomic E-state index is 13.4. The van der Waals surface area contributed by atoms with E-state index in [4.69, 9.17) is 44.9 Å². The number of hydrogen-bond donors (Lipinski definition) is 3. The smallest absolute Gasteiger partial charge is 0.330 e. The van der Waals surface area contributed by atoms with Gasteiger partial charge in [-0.3, -0.25) is 18.9 Å². The molecule has 378 valence electrons. The second-order valence-electron chi connectivity index (χ2n) is 20.5. The highest BCUT2D eigenvalue weighted by Gasteiger charge is 2.55. The molecule has 72 heavy (non-hydrogen) atoms. The predicted molar refractivity (Wildman–Crippen MR) is 286 cm³/mol. The molecule has 0 radical (unpaired) electrons. The lowest BCUT2D eigenvalue weighted by Crippen LogP contribution is -2.68. The number of nitrogens with two attached hydrogens (primary N) is 1. The van der Waals surface area contributed by atoms with Crippen molar-refractivity contribution in [2.75, 3.05) is 18.9 Å². The van der Waals surface area contributed by atoms with Crippen LogP contribution in [-0.2, 0) is 39.2 Å². The highest BCUT2D eigenvalue weighted by Crippen LogP contribution is 2.51. The van der Waals surface area contributed by atoms with Crippen LogP contribution in [0.4, 0.5) is 5.82 Å². The first kappa shape index (κ1) is 51.6. The number of aryl methyl sites for hydroxylation is 1. The van der Waals surface area contributed by atoms with Crippen LogP contribution in [0, 0.1) is 6.92 Å². The highest BCUT2D eigenvalue weighted by molar-refractivity contribution is 8.07. The van der Waals surface area contributed by atoms with Crippen molar-refractivity contribution in [3.8, 4) is 0 Å². The summed E-state index contributed by atoms with van der Waals surface area (Å²) in [6.45, 7) is 10.4. The molecule has 2 aliphatic heterocycles. The van der Waals surface area contributed by atoms with E-state index in [1.807, 2.05) is 72.8 Å². The van der Waals surface area contributed by atoms with Gasteiger partial charge in [0, 0.05) is 24.6 Å². The van der Waals surface area contributed by atoms with Crippen molar-refractivity contribution in [1.29, 1.82) is 0 Å². The zero-order chi connectivity index (χ0) is 51.1. The first-order chi connectivity index (χ1) is 34.3. The summed E-state index contributed by atoms with van der Waals surface area (Å²) in [5.41, 5.74) is 6.33. The Labute approximate surface area is 426 Å². The number of ether oxygens (including phenoxy) is 2. The lowest BCUT2D eigenvalue weighted by atomic mass is 10.2. The molecule has 5 heterocycles. The van der Waals surface area contributed by atoms with E-state index in [9.17, 15) is 14.5 Å². The van der Waals surface area contributed by atoms with Crippen LogP contribution < -0.4 is 37.7 Å². The average Bonchev–Trinajstić information content (AvgIpc) is 4.09. The van der Waals surface area contributed by atoms with Crippen molar-refractivity contribution < 1.29 is 32.3 Å². The number of aromatic nitrogens is 6.